The SMILES string of the molecule is CN1C2CCC1CN(C(=O)c1ccoc1Cl)CC2. The van der Waals surface area contributed by atoms with Crippen molar-refractivity contribution in [3.05, 3.63) is 23.1 Å². The van der Waals surface area contributed by atoms with Crippen LogP contribution in [0.2, 0.25) is 5.22 Å². The monoisotopic (exact) mass is 268 g/mol. The van der Waals surface area contributed by atoms with Gasteiger partial charge in [-0.3, -0.25) is 9.69 Å². The number of hydrogen-bond acceptors (Lipinski definition) is 3. The Morgan fingerprint density at radius 1 is 1.39 bits per heavy atom. The predicted molar refractivity (Wildman–Crippen MR) is 68.8 cm³/mol. The first-order valence-electron chi connectivity index (χ1n) is 6.41. The molecule has 2 unspecified atom stereocenters. The lowest BCUT2D eigenvalue weighted by molar-refractivity contribution is 0.0739. The average Bonchev–Trinajstić information content (AvgIpc) is 2.84. The molecule has 4 nitrogen and oxygen atoms in total. The molecule has 1 aromatic rings. The van der Waals surface area contributed by atoms with Gasteiger partial charge in [0.1, 0.15) is 0 Å². The van der Waals surface area contributed by atoms with E-state index < -0.39 is 0 Å². The molecule has 98 valence electrons. The van der Waals surface area contributed by atoms with Crippen molar-refractivity contribution < 1.29 is 9.21 Å². The molecular formula is C13H17ClN2O2. The minimum atomic E-state index is -0.00491. The molecule has 0 aliphatic carbocycles. The third kappa shape index (κ3) is 1.93. The van der Waals surface area contributed by atoms with Gasteiger partial charge in [-0.25, -0.2) is 0 Å². The Hall–Kier alpha value is -1.00. The van der Waals surface area contributed by atoms with E-state index in [1.165, 1.54) is 19.1 Å². The number of fused-ring (bicyclic) bond motifs is 2. The van der Waals surface area contributed by atoms with Gasteiger partial charge in [-0.05, 0) is 44.0 Å². The number of hydrogen-bond donors (Lipinski definition) is 0. The summed E-state index contributed by atoms with van der Waals surface area (Å²) in [7, 11) is 2.17. The molecule has 0 aromatic carbocycles. The number of carbonyl (C=O) groups excluding carboxylic acids is 1. The summed E-state index contributed by atoms with van der Waals surface area (Å²) in [6, 6.07) is 2.78. The van der Waals surface area contributed by atoms with Crippen LogP contribution in [0.4, 0.5) is 0 Å². The maximum Gasteiger partial charge on any atom is 0.258 e. The van der Waals surface area contributed by atoms with E-state index in [4.69, 9.17) is 16.0 Å². The van der Waals surface area contributed by atoms with Crippen LogP contribution >= 0.6 is 11.6 Å². The second-order valence-corrected chi connectivity index (χ2v) is 5.54. The Labute approximate surface area is 111 Å². The minimum Gasteiger partial charge on any atom is -0.452 e. The fraction of sp³-hybridized carbons (Fsp3) is 0.615. The van der Waals surface area contributed by atoms with Crippen LogP contribution in [0.3, 0.4) is 0 Å². The van der Waals surface area contributed by atoms with E-state index in [9.17, 15) is 4.79 Å². The van der Waals surface area contributed by atoms with Crippen LogP contribution in [0.5, 0.6) is 0 Å². The number of likely N-dealkylation sites (N-methyl/N-ethyl adjacent to an activating group) is 1. The third-order valence-corrected chi connectivity index (χ3v) is 4.58. The van der Waals surface area contributed by atoms with Crippen LogP contribution in [-0.2, 0) is 0 Å². The number of likely N-dealkylation sites (tertiary alicyclic amines) is 1. The Kier molecular flexibility index (Phi) is 3.08. The molecule has 18 heavy (non-hydrogen) atoms. The van der Waals surface area contributed by atoms with Gasteiger partial charge in [-0.15, -0.1) is 0 Å². The van der Waals surface area contributed by atoms with Crippen molar-refractivity contribution in [2.45, 2.75) is 31.3 Å². The van der Waals surface area contributed by atoms with Crippen molar-refractivity contribution in [1.82, 2.24) is 9.80 Å². The number of nitrogens with zero attached hydrogens (tertiary/aromatic N) is 2. The van der Waals surface area contributed by atoms with E-state index in [0.29, 0.717) is 17.6 Å². The third-order valence-electron chi connectivity index (χ3n) is 4.28. The summed E-state index contributed by atoms with van der Waals surface area (Å²) in [6.07, 6.45) is 4.96. The molecule has 1 aromatic heterocycles. The topological polar surface area (TPSA) is 36.7 Å². The summed E-state index contributed by atoms with van der Waals surface area (Å²) < 4.78 is 5.00. The first-order chi connectivity index (χ1) is 8.66. The number of carbonyl (C=O) groups is 1. The van der Waals surface area contributed by atoms with E-state index in [2.05, 4.69) is 11.9 Å². The highest BCUT2D eigenvalue weighted by Crippen LogP contribution is 2.29. The highest BCUT2D eigenvalue weighted by atomic mass is 35.5. The lowest BCUT2D eigenvalue weighted by atomic mass is 10.1. The Bertz CT molecular complexity index is 460. The molecule has 2 atom stereocenters. The first-order valence-corrected chi connectivity index (χ1v) is 6.79. The standard InChI is InChI=1S/C13H17ClN2O2/c1-15-9-2-3-10(15)8-16(6-4-9)13(17)11-5-7-18-12(11)14/h5,7,9-10H,2-4,6,8H2,1H3. The Morgan fingerprint density at radius 3 is 2.89 bits per heavy atom. The molecule has 0 N–H and O–H groups in total. The summed E-state index contributed by atoms with van der Waals surface area (Å²) in [5, 5.41) is 0.197. The summed E-state index contributed by atoms with van der Waals surface area (Å²) in [4.78, 5) is 16.7. The van der Waals surface area contributed by atoms with E-state index in [1.54, 1.807) is 6.07 Å². The lowest BCUT2D eigenvalue weighted by Crippen LogP contribution is -2.39. The second-order valence-electron chi connectivity index (χ2n) is 5.20. The molecule has 2 saturated heterocycles. The van der Waals surface area contributed by atoms with Crippen molar-refractivity contribution in [3.8, 4) is 0 Å². The maximum absolute atomic E-state index is 12.4. The van der Waals surface area contributed by atoms with Gasteiger partial charge in [0.15, 0.2) is 0 Å². The van der Waals surface area contributed by atoms with E-state index in [1.807, 2.05) is 4.90 Å². The average molecular weight is 269 g/mol. The van der Waals surface area contributed by atoms with Gasteiger partial charge in [-0.1, -0.05) is 0 Å². The van der Waals surface area contributed by atoms with Gasteiger partial charge in [0, 0.05) is 25.2 Å². The van der Waals surface area contributed by atoms with Crippen molar-refractivity contribution in [3.63, 3.8) is 0 Å². The van der Waals surface area contributed by atoms with Crippen LogP contribution < -0.4 is 0 Å². The number of furan rings is 1. The van der Waals surface area contributed by atoms with Gasteiger partial charge in [0.25, 0.3) is 5.91 Å². The van der Waals surface area contributed by atoms with Gasteiger partial charge >= 0.3 is 0 Å². The number of halogens is 1. The Balaban J connectivity index is 1.78. The van der Waals surface area contributed by atoms with Crippen molar-refractivity contribution >= 4 is 17.5 Å². The van der Waals surface area contributed by atoms with Crippen molar-refractivity contribution in [2.75, 3.05) is 20.1 Å². The zero-order valence-corrected chi connectivity index (χ0v) is 11.2. The van der Waals surface area contributed by atoms with Crippen LogP contribution in [0.25, 0.3) is 0 Å². The fourth-order valence-electron chi connectivity index (χ4n) is 3.11. The summed E-state index contributed by atoms with van der Waals surface area (Å²) >= 11 is 5.88. The maximum atomic E-state index is 12.4. The van der Waals surface area contributed by atoms with Crippen LogP contribution in [0.15, 0.2) is 16.7 Å². The van der Waals surface area contributed by atoms with Gasteiger partial charge in [-0.2, -0.15) is 0 Å². The summed E-state index contributed by atoms with van der Waals surface area (Å²) in [5.74, 6) is -0.00491. The molecule has 2 bridgehead atoms. The molecular weight excluding hydrogens is 252 g/mol. The zero-order valence-electron chi connectivity index (χ0n) is 10.4. The van der Waals surface area contributed by atoms with Gasteiger partial charge < -0.3 is 9.32 Å². The molecule has 0 spiro atoms. The van der Waals surface area contributed by atoms with E-state index in [-0.39, 0.29) is 11.1 Å². The number of amides is 1. The number of rotatable bonds is 1. The zero-order chi connectivity index (χ0) is 12.7. The first kappa shape index (κ1) is 12.1. The molecule has 0 radical (unpaired) electrons. The van der Waals surface area contributed by atoms with Crippen molar-refractivity contribution in [2.24, 2.45) is 0 Å². The van der Waals surface area contributed by atoms with E-state index in [0.717, 1.165) is 19.5 Å². The molecule has 3 heterocycles. The quantitative estimate of drug-likeness (QED) is 0.784. The molecule has 3 rings (SSSR count). The highest BCUT2D eigenvalue weighted by molar-refractivity contribution is 6.32. The van der Waals surface area contributed by atoms with Gasteiger partial charge in [0.05, 0.1) is 11.8 Å². The van der Waals surface area contributed by atoms with Crippen LogP contribution in [-0.4, -0.2) is 47.9 Å². The van der Waals surface area contributed by atoms with Crippen LogP contribution in [0, 0.1) is 0 Å². The normalized spacial score (nSPS) is 28.4. The highest BCUT2D eigenvalue weighted by Gasteiger charge is 2.36. The molecule has 5 heteroatoms. The molecule has 2 fully saturated rings. The minimum absolute atomic E-state index is 0.00491. The molecule has 2 aliphatic heterocycles. The molecule has 1 amide bonds. The van der Waals surface area contributed by atoms with Crippen LogP contribution in [0.1, 0.15) is 29.6 Å². The fourth-order valence-corrected chi connectivity index (χ4v) is 3.31. The lowest BCUT2D eigenvalue weighted by Gasteiger charge is -2.25. The predicted octanol–water partition coefficient (Wildman–Crippen LogP) is 2.24. The summed E-state index contributed by atoms with van der Waals surface area (Å²) in [6.45, 7) is 1.61. The molecule has 2 aliphatic rings. The molecule has 0 saturated carbocycles. The Morgan fingerprint density at radius 2 is 2.17 bits per heavy atom. The summed E-state index contributed by atoms with van der Waals surface area (Å²) in [5.41, 5.74) is 0.483. The smallest absolute Gasteiger partial charge is 0.258 e. The van der Waals surface area contributed by atoms with Gasteiger partial charge in [0.2, 0.25) is 5.22 Å². The van der Waals surface area contributed by atoms with E-state index >= 15 is 0 Å². The largest absolute Gasteiger partial charge is 0.452 e. The second kappa shape index (κ2) is 4.59. The van der Waals surface area contributed by atoms with Crippen molar-refractivity contribution in [1.29, 1.82) is 0 Å².